The SMILES string of the molecule is CC[C@@H](C)[C@@H](NC(=O)[C@@H](CCC(N)=O)NC(=O)[C@H](CO)NC(=O)[C@@H](NC(=O)[C@@H](Cc1ccccc1)NC)[C@@H](C)CC)C(=O)N[C@H](C(=O)N[C@@H](CO)C(=O)N[C@H]1C(=O)N[C@@H](C)C(=O)N[C@@H](CCCN)C(=O)N[C@@H]([C@@H](C)CC)C(=O)O[C@H]1C)[C@@H](C)CC. The van der Waals surface area contributed by atoms with Crippen LogP contribution in [0.2, 0.25) is 0 Å². The molecule has 16 atom stereocenters. The van der Waals surface area contributed by atoms with Crippen LogP contribution in [0.15, 0.2) is 30.3 Å². The Labute approximate surface area is 497 Å². The molecule has 1 aromatic carbocycles. The van der Waals surface area contributed by atoms with E-state index in [9.17, 15) is 67.7 Å². The largest absolute Gasteiger partial charge is 0.458 e. The molecule has 0 radical (unpaired) electrons. The topological polar surface area (TPSA) is 439 Å². The van der Waals surface area contributed by atoms with Gasteiger partial charge in [-0.25, -0.2) is 4.79 Å². The van der Waals surface area contributed by atoms with E-state index in [-0.39, 0.29) is 25.8 Å². The number of cyclic esters (lactones) is 1. The molecule has 1 heterocycles. The quantitative estimate of drug-likeness (QED) is 0.0308. The van der Waals surface area contributed by atoms with Gasteiger partial charge in [0.25, 0.3) is 0 Å². The zero-order chi connectivity index (χ0) is 64.2. The van der Waals surface area contributed by atoms with Crippen LogP contribution in [0.5, 0.6) is 0 Å². The first kappa shape index (κ1) is 73.8. The zero-order valence-electron chi connectivity index (χ0n) is 51.0. The molecular formula is C57H95N13O15. The highest BCUT2D eigenvalue weighted by molar-refractivity contribution is 5.99. The number of amides is 11. The Hall–Kier alpha value is -7.30. The highest BCUT2D eigenvalue weighted by atomic mass is 16.5. The molecule has 2 rings (SSSR count). The lowest BCUT2D eigenvalue weighted by Crippen LogP contribution is -2.63. The lowest BCUT2D eigenvalue weighted by molar-refractivity contribution is -0.157. The maximum absolute atomic E-state index is 14.4. The van der Waals surface area contributed by atoms with Crippen LogP contribution in [-0.4, -0.2) is 181 Å². The van der Waals surface area contributed by atoms with Gasteiger partial charge in [-0.2, -0.15) is 0 Å². The molecule has 0 bridgehead atoms. The van der Waals surface area contributed by atoms with Gasteiger partial charge in [-0.3, -0.25) is 52.7 Å². The Balaban J connectivity index is 2.40. The van der Waals surface area contributed by atoms with Gasteiger partial charge in [0, 0.05) is 6.42 Å². The Morgan fingerprint density at radius 3 is 1.54 bits per heavy atom. The Bertz CT molecular complexity index is 2420. The predicted molar refractivity (Wildman–Crippen MR) is 312 cm³/mol. The third-order valence-corrected chi connectivity index (χ3v) is 15.5. The molecule has 17 N–H and O–H groups in total. The second kappa shape index (κ2) is 37.2. The first-order valence-corrected chi connectivity index (χ1v) is 29.3. The van der Waals surface area contributed by atoms with Crippen molar-refractivity contribution in [3.05, 3.63) is 35.9 Å². The van der Waals surface area contributed by atoms with Crippen LogP contribution in [0.3, 0.4) is 0 Å². The minimum Gasteiger partial charge on any atom is -0.458 e. The van der Waals surface area contributed by atoms with Crippen molar-refractivity contribution in [2.75, 3.05) is 26.8 Å². The summed E-state index contributed by atoms with van der Waals surface area (Å²) in [5, 5.41) is 49.2. The van der Waals surface area contributed by atoms with Gasteiger partial charge in [0.1, 0.15) is 66.5 Å². The number of aliphatic hydroxyl groups excluding tert-OH is 2. The average Bonchev–Trinajstić information content (AvgIpc) is 3.68. The smallest absolute Gasteiger partial charge is 0.329 e. The fourth-order valence-electron chi connectivity index (χ4n) is 8.92. The Morgan fingerprint density at radius 2 is 1.07 bits per heavy atom. The minimum atomic E-state index is -1.81. The molecule has 0 aromatic heterocycles. The van der Waals surface area contributed by atoms with E-state index < -0.39 is 193 Å². The van der Waals surface area contributed by atoms with E-state index >= 15 is 0 Å². The van der Waals surface area contributed by atoms with Gasteiger partial charge < -0.3 is 84.9 Å². The summed E-state index contributed by atoms with van der Waals surface area (Å²) in [5.74, 6) is -13.0. The summed E-state index contributed by atoms with van der Waals surface area (Å²) >= 11 is 0. The number of likely N-dealkylation sites (N-methyl/N-ethyl adjacent to an activating group) is 1. The fourth-order valence-corrected chi connectivity index (χ4v) is 8.92. The van der Waals surface area contributed by atoms with Gasteiger partial charge in [0.2, 0.25) is 65.0 Å². The monoisotopic (exact) mass is 1200 g/mol. The van der Waals surface area contributed by atoms with Crippen molar-refractivity contribution < 1.29 is 72.5 Å². The van der Waals surface area contributed by atoms with Crippen molar-refractivity contribution >= 4 is 70.9 Å². The van der Waals surface area contributed by atoms with Gasteiger partial charge in [-0.05, 0) is 82.4 Å². The molecule has 478 valence electrons. The van der Waals surface area contributed by atoms with Gasteiger partial charge >= 0.3 is 5.97 Å². The highest BCUT2D eigenvalue weighted by Gasteiger charge is 2.41. The van der Waals surface area contributed by atoms with E-state index in [1.54, 1.807) is 62.4 Å². The fraction of sp³-hybridized carbons (Fsp3) is 0.684. The summed E-state index contributed by atoms with van der Waals surface area (Å²) in [6.45, 7) is 14.4. The molecule has 1 fully saturated rings. The highest BCUT2D eigenvalue weighted by Crippen LogP contribution is 2.17. The van der Waals surface area contributed by atoms with Crippen LogP contribution in [0.4, 0.5) is 0 Å². The summed E-state index contributed by atoms with van der Waals surface area (Å²) < 4.78 is 5.69. The second-order valence-corrected chi connectivity index (χ2v) is 21.9. The van der Waals surface area contributed by atoms with Crippen molar-refractivity contribution in [3.8, 4) is 0 Å². The van der Waals surface area contributed by atoms with E-state index in [2.05, 4.69) is 58.5 Å². The Kier molecular flexibility index (Phi) is 32.3. The maximum Gasteiger partial charge on any atom is 0.329 e. The van der Waals surface area contributed by atoms with Crippen LogP contribution < -0.4 is 70.0 Å². The number of primary amides is 1. The number of rotatable bonds is 33. The number of ether oxygens (including phenoxy) is 1. The van der Waals surface area contributed by atoms with Gasteiger partial charge in [0.05, 0.1) is 19.3 Å². The standard InChI is InChI=1S/C57H95N13O15/c1-12-29(5)42(67-50(77)38(60-11)26-35-20-17-16-18-21-35)53(80)64-39(27-71)51(78)63-37(23-24-41(59)73)49(76)66-44(31(7)14-3)55(82)68-43(30(6)13-2)54(81)65-40(28-72)52(79)70-46-34(10)85-57(84)45(32(8)15-4)69-48(75)36(22-19-25-58)62-47(74)33(9)61-56(46)83/h16-18,20-21,29-34,36-40,42-46,60,71-72H,12-15,19,22-28,58H2,1-11H3,(H2,59,73)(H,61,83)(H,62,74)(H,63,78)(H,64,80)(H,65,81)(H,66,76)(H,67,77)(H,68,82)(H,69,75)(H,70,79)/t29-,30-,31+,32-,33-,34-,36-,37+,38+,39-,40-,42-,43-,44+,45-,46+/m0/s1. The maximum atomic E-state index is 14.4. The van der Waals surface area contributed by atoms with Gasteiger partial charge in [-0.15, -0.1) is 0 Å². The third-order valence-electron chi connectivity index (χ3n) is 15.5. The molecular weight excluding hydrogens is 1110 g/mol. The Morgan fingerprint density at radius 1 is 0.600 bits per heavy atom. The number of nitrogens with two attached hydrogens (primary N) is 2. The summed E-state index contributed by atoms with van der Waals surface area (Å²) in [6, 6.07) is -6.13. The molecule has 11 amide bonds. The molecule has 85 heavy (non-hydrogen) atoms. The molecule has 28 heteroatoms. The van der Waals surface area contributed by atoms with Crippen LogP contribution in [-0.2, 0) is 68.7 Å². The normalized spacial score (nSPS) is 21.5. The predicted octanol–water partition coefficient (Wildman–Crippen LogP) is -3.20. The number of aliphatic hydroxyl groups is 2. The minimum absolute atomic E-state index is 0.107. The molecule has 28 nitrogen and oxygen atoms in total. The van der Waals surface area contributed by atoms with Crippen molar-refractivity contribution in [1.29, 1.82) is 0 Å². The van der Waals surface area contributed by atoms with Crippen LogP contribution in [0.25, 0.3) is 0 Å². The second-order valence-electron chi connectivity index (χ2n) is 21.9. The van der Waals surface area contributed by atoms with E-state index in [0.717, 1.165) is 5.56 Å². The summed E-state index contributed by atoms with van der Waals surface area (Å²) in [4.78, 5) is 165. The molecule has 1 aliphatic heterocycles. The number of hydrogen-bond acceptors (Lipinski definition) is 17. The lowest BCUT2D eigenvalue weighted by atomic mass is 9.94. The first-order chi connectivity index (χ1) is 40.2. The number of hydrogen-bond donors (Lipinski definition) is 15. The molecule has 1 saturated heterocycles. The van der Waals surface area contributed by atoms with E-state index in [0.29, 0.717) is 25.7 Å². The van der Waals surface area contributed by atoms with Gasteiger partial charge in [0.15, 0.2) is 0 Å². The van der Waals surface area contributed by atoms with E-state index in [1.165, 1.54) is 13.8 Å². The van der Waals surface area contributed by atoms with Crippen molar-refractivity contribution in [2.45, 2.75) is 200 Å². The summed E-state index contributed by atoms with van der Waals surface area (Å²) in [5.41, 5.74) is 12.0. The van der Waals surface area contributed by atoms with Crippen LogP contribution in [0, 0.1) is 23.7 Å². The average molecular weight is 1200 g/mol. The number of carbonyl (C=O) groups is 12. The summed E-state index contributed by atoms with van der Waals surface area (Å²) in [6.07, 6.45) is -0.240. The van der Waals surface area contributed by atoms with Crippen LogP contribution >= 0.6 is 0 Å². The number of benzene rings is 1. The number of nitrogens with one attached hydrogen (secondary N) is 11. The molecule has 0 aliphatic carbocycles. The molecule has 0 saturated carbocycles. The van der Waals surface area contributed by atoms with Crippen molar-refractivity contribution in [2.24, 2.45) is 35.1 Å². The van der Waals surface area contributed by atoms with Crippen molar-refractivity contribution in [1.82, 2.24) is 58.5 Å². The third kappa shape index (κ3) is 23.2. The van der Waals surface area contributed by atoms with E-state index in [1.807, 2.05) is 30.3 Å². The molecule has 1 aromatic rings. The lowest BCUT2D eigenvalue weighted by Gasteiger charge is -2.31. The molecule has 0 spiro atoms. The zero-order valence-corrected chi connectivity index (χ0v) is 51.0. The molecule has 0 unspecified atom stereocenters. The number of carbonyl (C=O) groups excluding carboxylic acids is 12. The summed E-state index contributed by atoms with van der Waals surface area (Å²) in [7, 11) is 1.60. The molecule has 1 aliphatic rings. The van der Waals surface area contributed by atoms with Crippen LogP contribution in [0.1, 0.15) is 126 Å². The van der Waals surface area contributed by atoms with Gasteiger partial charge in [-0.1, -0.05) is 111 Å². The van der Waals surface area contributed by atoms with Crippen molar-refractivity contribution in [3.63, 3.8) is 0 Å². The first-order valence-electron chi connectivity index (χ1n) is 29.3. The van der Waals surface area contributed by atoms with E-state index in [4.69, 9.17) is 16.2 Å². The number of esters is 1.